The van der Waals surface area contributed by atoms with Crippen LogP contribution in [0.25, 0.3) is 0 Å². The van der Waals surface area contributed by atoms with Crippen LogP contribution in [0.15, 0.2) is 0 Å². The molecule has 1 N–H and O–H groups in total. The van der Waals surface area contributed by atoms with Crippen molar-refractivity contribution in [1.29, 1.82) is 0 Å². The van der Waals surface area contributed by atoms with E-state index < -0.39 is 0 Å². The van der Waals surface area contributed by atoms with Crippen LogP contribution in [0.5, 0.6) is 0 Å². The molecule has 0 spiro atoms. The molecule has 0 rings (SSSR count). The Kier molecular flexibility index (Phi) is 12.4. The van der Waals surface area contributed by atoms with E-state index in [-0.39, 0.29) is 11.8 Å². The molecule has 1 atom stereocenters. The Morgan fingerprint density at radius 3 is 2.50 bits per heavy atom. The minimum absolute atomic E-state index is 0.175. The van der Waals surface area contributed by atoms with Gasteiger partial charge in [-0.05, 0) is 12.8 Å². The molecule has 4 heteroatoms. The number of hydrogen-bond acceptors (Lipinski definition) is 3. The van der Waals surface area contributed by atoms with E-state index in [9.17, 15) is 4.79 Å². The molecule has 0 heterocycles. The van der Waals surface area contributed by atoms with Gasteiger partial charge in [-0.15, -0.1) is 0 Å². The zero-order valence-electron chi connectivity index (χ0n) is 12.2. The average Bonchev–Trinajstić information content (AvgIpc) is 2.38. The fourth-order valence-corrected chi connectivity index (χ4v) is 1.84. The van der Waals surface area contributed by atoms with Gasteiger partial charge in [-0.1, -0.05) is 33.1 Å². The Bertz CT molecular complexity index is 197. The van der Waals surface area contributed by atoms with Crippen LogP contribution in [0.1, 0.15) is 46.0 Å². The zero-order chi connectivity index (χ0) is 13.6. The first-order valence-electron chi connectivity index (χ1n) is 7.10. The van der Waals surface area contributed by atoms with E-state index >= 15 is 0 Å². The summed E-state index contributed by atoms with van der Waals surface area (Å²) < 4.78 is 10.2. The van der Waals surface area contributed by atoms with Crippen molar-refractivity contribution >= 4 is 5.91 Å². The van der Waals surface area contributed by atoms with Crippen LogP contribution in [-0.2, 0) is 14.3 Å². The van der Waals surface area contributed by atoms with Gasteiger partial charge in [0.2, 0.25) is 5.91 Å². The first-order chi connectivity index (χ1) is 8.76. The van der Waals surface area contributed by atoms with Gasteiger partial charge in [0.1, 0.15) is 0 Å². The third-order valence-corrected chi connectivity index (χ3v) is 2.89. The summed E-state index contributed by atoms with van der Waals surface area (Å²) in [5.41, 5.74) is 0. The van der Waals surface area contributed by atoms with Crippen molar-refractivity contribution < 1.29 is 14.3 Å². The Labute approximate surface area is 111 Å². The maximum absolute atomic E-state index is 11.9. The van der Waals surface area contributed by atoms with Crippen LogP contribution >= 0.6 is 0 Å². The number of rotatable bonds is 12. The molecule has 1 amide bonds. The van der Waals surface area contributed by atoms with E-state index in [1.165, 1.54) is 0 Å². The van der Waals surface area contributed by atoms with E-state index in [0.717, 1.165) is 32.1 Å². The highest BCUT2D eigenvalue weighted by Crippen LogP contribution is 2.14. The predicted molar refractivity (Wildman–Crippen MR) is 73.6 cm³/mol. The van der Waals surface area contributed by atoms with Gasteiger partial charge in [0.25, 0.3) is 0 Å². The van der Waals surface area contributed by atoms with E-state index in [1.807, 2.05) is 0 Å². The highest BCUT2D eigenvalue weighted by molar-refractivity contribution is 5.78. The summed E-state index contributed by atoms with van der Waals surface area (Å²) in [7, 11) is 1.65. The lowest BCUT2D eigenvalue weighted by Gasteiger charge is -2.15. The second-order valence-electron chi connectivity index (χ2n) is 4.52. The fraction of sp³-hybridized carbons (Fsp3) is 0.929. The van der Waals surface area contributed by atoms with Crippen LogP contribution in [0.3, 0.4) is 0 Å². The molecule has 18 heavy (non-hydrogen) atoms. The number of ether oxygens (including phenoxy) is 2. The third kappa shape index (κ3) is 9.42. The predicted octanol–water partition coefficient (Wildman–Crippen LogP) is 2.37. The Hall–Kier alpha value is -0.610. The molecule has 0 saturated heterocycles. The molecule has 108 valence electrons. The summed E-state index contributed by atoms with van der Waals surface area (Å²) in [5.74, 6) is 0.356. The lowest BCUT2D eigenvalue weighted by atomic mass is 9.96. The van der Waals surface area contributed by atoms with Gasteiger partial charge >= 0.3 is 0 Å². The largest absolute Gasteiger partial charge is 0.382 e. The van der Waals surface area contributed by atoms with Crippen LogP contribution < -0.4 is 5.32 Å². The molecular weight excluding hydrogens is 230 g/mol. The van der Waals surface area contributed by atoms with Gasteiger partial charge in [0.05, 0.1) is 19.8 Å². The number of amides is 1. The quantitative estimate of drug-likeness (QED) is 0.547. The summed E-state index contributed by atoms with van der Waals surface area (Å²) in [4.78, 5) is 11.9. The van der Waals surface area contributed by atoms with Crippen molar-refractivity contribution in [1.82, 2.24) is 5.32 Å². The molecule has 0 saturated carbocycles. The van der Waals surface area contributed by atoms with Crippen molar-refractivity contribution in [2.45, 2.75) is 46.0 Å². The van der Waals surface area contributed by atoms with Crippen molar-refractivity contribution in [2.24, 2.45) is 5.92 Å². The third-order valence-electron chi connectivity index (χ3n) is 2.89. The van der Waals surface area contributed by atoms with Crippen LogP contribution in [-0.4, -0.2) is 39.4 Å². The smallest absolute Gasteiger partial charge is 0.223 e. The Morgan fingerprint density at radius 1 is 1.11 bits per heavy atom. The van der Waals surface area contributed by atoms with Gasteiger partial charge in [0.15, 0.2) is 0 Å². The van der Waals surface area contributed by atoms with Crippen molar-refractivity contribution in [3.63, 3.8) is 0 Å². The highest BCUT2D eigenvalue weighted by atomic mass is 16.5. The lowest BCUT2D eigenvalue weighted by Crippen LogP contribution is -2.33. The number of methoxy groups -OCH3 is 1. The van der Waals surface area contributed by atoms with Crippen molar-refractivity contribution in [3.8, 4) is 0 Å². The van der Waals surface area contributed by atoms with Crippen molar-refractivity contribution in [3.05, 3.63) is 0 Å². The summed E-state index contributed by atoms with van der Waals surface area (Å²) >= 11 is 0. The van der Waals surface area contributed by atoms with Gasteiger partial charge in [0, 0.05) is 19.6 Å². The molecule has 0 aliphatic heterocycles. The maximum atomic E-state index is 11.9. The highest BCUT2D eigenvalue weighted by Gasteiger charge is 2.15. The second-order valence-corrected chi connectivity index (χ2v) is 4.52. The van der Waals surface area contributed by atoms with E-state index in [2.05, 4.69) is 19.2 Å². The second kappa shape index (κ2) is 12.8. The molecule has 0 bridgehead atoms. The first-order valence-corrected chi connectivity index (χ1v) is 7.10. The van der Waals surface area contributed by atoms with E-state index in [4.69, 9.17) is 9.47 Å². The summed E-state index contributed by atoms with van der Waals surface area (Å²) in [5, 5.41) is 2.95. The van der Waals surface area contributed by atoms with E-state index in [0.29, 0.717) is 26.4 Å². The standard InChI is InChI=1S/C14H29NO3/c1-4-6-8-13(7-5-2)14(16)15-9-10-18-12-11-17-3/h13H,4-12H2,1-3H3,(H,15,16). The number of hydrogen-bond donors (Lipinski definition) is 1. The molecule has 0 aliphatic rings. The zero-order valence-corrected chi connectivity index (χ0v) is 12.2. The maximum Gasteiger partial charge on any atom is 0.223 e. The molecule has 0 aromatic heterocycles. The average molecular weight is 259 g/mol. The minimum Gasteiger partial charge on any atom is -0.382 e. The summed E-state index contributed by atoms with van der Waals surface area (Å²) in [6.45, 7) is 6.62. The Balaban J connectivity index is 3.67. The minimum atomic E-state index is 0.175. The van der Waals surface area contributed by atoms with Gasteiger partial charge in [-0.2, -0.15) is 0 Å². The summed E-state index contributed by atoms with van der Waals surface area (Å²) in [6, 6.07) is 0. The summed E-state index contributed by atoms with van der Waals surface area (Å²) in [6.07, 6.45) is 5.32. The van der Waals surface area contributed by atoms with Gasteiger partial charge < -0.3 is 14.8 Å². The van der Waals surface area contributed by atoms with Crippen LogP contribution in [0.4, 0.5) is 0 Å². The molecular formula is C14H29NO3. The van der Waals surface area contributed by atoms with Crippen LogP contribution in [0, 0.1) is 5.92 Å². The monoisotopic (exact) mass is 259 g/mol. The molecule has 1 unspecified atom stereocenters. The topological polar surface area (TPSA) is 47.6 Å². The molecule has 0 aromatic rings. The first kappa shape index (κ1) is 17.4. The number of carbonyl (C=O) groups is 1. The molecule has 0 radical (unpaired) electrons. The van der Waals surface area contributed by atoms with Gasteiger partial charge in [-0.3, -0.25) is 4.79 Å². The number of carbonyl (C=O) groups excluding carboxylic acids is 1. The number of unbranched alkanes of at least 4 members (excludes halogenated alkanes) is 1. The number of nitrogens with one attached hydrogen (secondary N) is 1. The molecule has 0 fully saturated rings. The molecule has 0 aliphatic carbocycles. The molecule has 4 nitrogen and oxygen atoms in total. The normalized spacial score (nSPS) is 12.4. The fourth-order valence-electron chi connectivity index (χ4n) is 1.84. The van der Waals surface area contributed by atoms with Gasteiger partial charge in [-0.25, -0.2) is 0 Å². The van der Waals surface area contributed by atoms with Crippen LogP contribution in [0.2, 0.25) is 0 Å². The lowest BCUT2D eigenvalue weighted by molar-refractivity contribution is -0.125. The van der Waals surface area contributed by atoms with Crippen molar-refractivity contribution in [2.75, 3.05) is 33.5 Å². The SMILES string of the molecule is CCCCC(CCC)C(=O)NCCOCCOC. The Morgan fingerprint density at radius 2 is 1.89 bits per heavy atom. The van der Waals surface area contributed by atoms with E-state index in [1.54, 1.807) is 7.11 Å². The molecule has 0 aromatic carbocycles.